The summed E-state index contributed by atoms with van der Waals surface area (Å²) in [7, 11) is 0. The minimum absolute atomic E-state index is 0.0769. The van der Waals surface area contributed by atoms with Crippen LogP contribution in [-0.4, -0.2) is 29.9 Å². The summed E-state index contributed by atoms with van der Waals surface area (Å²) in [6.45, 7) is 2.32. The van der Waals surface area contributed by atoms with Crippen LogP contribution in [0.1, 0.15) is 19.0 Å². The van der Waals surface area contributed by atoms with E-state index in [4.69, 9.17) is 11.6 Å². The van der Waals surface area contributed by atoms with Gasteiger partial charge in [-0.2, -0.15) is 0 Å². The Balaban J connectivity index is 1.75. The molecule has 2 N–H and O–H groups in total. The van der Waals surface area contributed by atoms with Crippen molar-refractivity contribution in [1.29, 1.82) is 0 Å². The third-order valence-electron chi connectivity index (χ3n) is 3.07. The normalized spacial score (nSPS) is 10.3. The lowest BCUT2D eigenvalue weighted by Crippen LogP contribution is -2.30. The van der Waals surface area contributed by atoms with Gasteiger partial charge in [-0.15, -0.1) is 11.3 Å². The van der Waals surface area contributed by atoms with E-state index in [1.54, 1.807) is 11.3 Å². The maximum atomic E-state index is 11.6. The number of benzene rings is 1. The highest BCUT2D eigenvalue weighted by atomic mass is 35.5. The zero-order valence-electron chi connectivity index (χ0n) is 12.8. The lowest BCUT2D eigenvalue weighted by atomic mass is 10.2. The average Bonchev–Trinajstić information content (AvgIpc) is 2.96. The number of nitrogens with zero attached hydrogens (tertiary/aromatic N) is 1. The van der Waals surface area contributed by atoms with Gasteiger partial charge in [0.25, 0.3) is 0 Å². The first-order valence-corrected chi connectivity index (χ1v) is 8.52. The van der Waals surface area contributed by atoms with E-state index in [9.17, 15) is 9.59 Å². The molecule has 2 rings (SSSR count). The van der Waals surface area contributed by atoms with Crippen LogP contribution in [0.15, 0.2) is 29.6 Å². The number of hydrogen-bond donors (Lipinski definition) is 2. The first-order valence-electron chi connectivity index (χ1n) is 7.26. The van der Waals surface area contributed by atoms with Crippen molar-refractivity contribution in [1.82, 2.24) is 15.6 Å². The monoisotopic (exact) mass is 351 g/mol. The summed E-state index contributed by atoms with van der Waals surface area (Å²) in [5.74, 6) is -0.207. The Morgan fingerprint density at radius 2 is 1.91 bits per heavy atom. The fourth-order valence-corrected chi connectivity index (χ4v) is 2.90. The van der Waals surface area contributed by atoms with E-state index < -0.39 is 0 Å². The fourth-order valence-electron chi connectivity index (χ4n) is 1.92. The van der Waals surface area contributed by atoms with E-state index in [0.29, 0.717) is 24.5 Å². The van der Waals surface area contributed by atoms with Gasteiger partial charge >= 0.3 is 0 Å². The van der Waals surface area contributed by atoms with Gasteiger partial charge in [-0.25, -0.2) is 4.98 Å². The molecule has 1 aromatic heterocycles. The van der Waals surface area contributed by atoms with Crippen LogP contribution in [0.25, 0.3) is 10.6 Å². The predicted molar refractivity (Wildman–Crippen MR) is 92.6 cm³/mol. The van der Waals surface area contributed by atoms with Gasteiger partial charge < -0.3 is 10.6 Å². The maximum Gasteiger partial charge on any atom is 0.221 e. The number of hydrogen-bond acceptors (Lipinski definition) is 4. The maximum absolute atomic E-state index is 11.6. The van der Waals surface area contributed by atoms with Gasteiger partial charge in [0.15, 0.2) is 0 Å². The van der Waals surface area contributed by atoms with Crippen molar-refractivity contribution in [3.8, 4) is 10.6 Å². The molecule has 0 radical (unpaired) electrons. The van der Waals surface area contributed by atoms with Gasteiger partial charge in [0.05, 0.1) is 5.69 Å². The minimum Gasteiger partial charge on any atom is -0.356 e. The molecule has 0 aliphatic rings. The van der Waals surface area contributed by atoms with Crippen LogP contribution in [0, 0.1) is 0 Å². The zero-order valence-corrected chi connectivity index (χ0v) is 14.3. The van der Waals surface area contributed by atoms with Gasteiger partial charge in [-0.1, -0.05) is 23.7 Å². The van der Waals surface area contributed by atoms with E-state index in [0.717, 1.165) is 16.3 Å². The molecule has 0 spiro atoms. The topological polar surface area (TPSA) is 71.1 Å². The molecule has 0 saturated heterocycles. The Kier molecular flexibility index (Phi) is 6.55. The van der Waals surface area contributed by atoms with Crippen molar-refractivity contribution in [2.24, 2.45) is 0 Å². The number of amides is 2. The molecule has 0 fully saturated rings. The van der Waals surface area contributed by atoms with Crippen LogP contribution in [0.5, 0.6) is 0 Å². The van der Waals surface area contributed by atoms with Gasteiger partial charge in [-0.3, -0.25) is 9.59 Å². The van der Waals surface area contributed by atoms with Crippen molar-refractivity contribution in [2.75, 3.05) is 13.1 Å². The predicted octanol–water partition coefficient (Wildman–Crippen LogP) is 2.65. The summed E-state index contributed by atoms with van der Waals surface area (Å²) < 4.78 is 0. The number of nitrogens with one attached hydrogen (secondary N) is 2. The number of aromatic nitrogens is 1. The number of halogens is 1. The molecule has 0 unspecified atom stereocenters. The summed E-state index contributed by atoms with van der Waals surface area (Å²) in [6.07, 6.45) is 0.961. The summed E-state index contributed by atoms with van der Waals surface area (Å²) >= 11 is 7.45. The van der Waals surface area contributed by atoms with Gasteiger partial charge in [0.1, 0.15) is 5.01 Å². The molecule has 0 bridgehead atoms. The Hall–Kier alpha value is -1.92. The quantitative estimate of drug-likeness (QED) is 0.805. The summed E-state index contributed by atoms with van der Waals surface area (Å²) in [4.78, 5) is 26.8. The van der Waals surface area contributed by atoms with Crippen molar-refractivity contribution in [3.63, 3.8) is 0 Å². The Labute approximate surface area is 144 Å². The number of carbonyl (C=O) groups excluding carboxylic acids is 2. The van der Waals surface area contributed by atoms with E-state index in [2.05, 4.69) is 15.6 Å². The second-order valence-corrected chi connectivity index (χ2v) is 6.28. The standard InChI is InChI=1S/C16H18ClN3O2S/c1-11(21)18-9-7-15(22)19-8-6-14-10-23-16(20-14)12-2-4-13(17)5-3-12/h2-5,10H,6-9H2,1H3,(H,18,21)(H,19,22). The van der Waals surface area contributed by atoms with E-state index >= 15 is 0 Å². The summed E-state index contributed by atoms with van der Waals surface area (Å²) in [5.41, 5.74) is 1.98. The van der Waals surface area contributed by atoms with E-state index in [1.807, 2.05) is 29.6 Å². The van der Waals surface area contributed by atoms with Crippen molar-refractivity contribution >= 4 is 34.8 Å². The molecule has 2 aromatic rings. The molecule has 5 nitrogen and oxygen atoms in total. The number of rotatable bonds is 7. The molecule has 1 heterocycles. The first-order chi connectivity index (χ1) is 11.0. The Bertz CT molecular complexity index is 670. The number of carbonyl (C=O) groups is 2. The van der Waals surface area contributed by atoms with Gasteiger partial charge in [-0.05, 0) is 12.1 Å². The fraction of sp³-hybridized carbons (Fsp3) is 0.312. The molecule has 7 heteroatoms. The number of thiazole rings is 1. The molecule has 0 aliphatic carbocycles. The SMILES string of the molecule is CC(=O)NCCC(=O)NCCc1csc(-c2ccc(Cl)cc2)n1. The third-order valence-corrected chi connectivity index (χ3v) is 4.26. The molecule has 0 atom stereocenters. The van der Waals surface area contributed by atoms with Crippen LogP contribution in [0.4, 0.5) is 0 Å². The van der Waals surface area contributed by atoms with Crippen LogP contribution in [0.3, 0.4) is 0 Å². The van der Waals surface area contributed by atoms with Gasteiger partial charge in [0.2, 0.25) is 11.8 Å². The second-order valence-electron chi connectivity index (χ2n) is 4.98. The largest absolute Gasteiger partial charge is 0.356 e. The highest BCUT2D eigenvalue weighted by Gasteiger charge is 2.06. The highest BCUT2D eigenvalue weighted by molar-refractivity contribution is 7.13. The molecule has 0 aliphatic heterocycles. The highest BCUT2D eigenvalue weighted by Crippen LogP contribution is 2.25. The smallest absolute Gasteiger partial charge is 0.221 e. The average molecular weight is 352 g/mol. The van der Waals surface area contributed by atoms with E-state index in [1.165, 1.54) is 6.92 Å². The third kappa shape index (κ3) is 6.00. The minimum atomic E-state index is -0.130. The van der Waals surface area contributed by atoms with E-state index in [-0.39, 0.29) is 18.2 Å². The molecule has 23 heavy (non-hydrogen) atoms. The molecular formula is C16H18ClN3O2S. The lowest BCUT2D eigenvalue weighted by Gasteiger charge is -2.04. The van der Waals surface area contributed by atoms with Gasteiger partial charge in [0, 0.05) is 48.8 Å². The zero-order chi connectivity index (χ0) is 16.7. The molecule has 2 amide bonds. The molecular weight excluding hydrogens is 334 g/mol. The Morgan fingerprint density at radius 1 is 1.17 bits per heavy atom. The second kappa shape index (κ2) is 8.64. The van der Waals surface area contributed by atoms with Crippen molar-refractivity contribution in [3.05, 3.63) is 40.4 Å². The molecule has 0 saturated carbocycles. The molecule has 1 aromatic carbocycles. The molecule has 122 valence electrons. The Morgan fingerprint density at radius 3 is 2.61 bits per heavy atom. The first kappa shape index (κ1) is 17.4. The van der Waals surface area contributed by atoms with Crippen LogP contribution in [0.2, 0.25) is 5.02 Å². The van der Waals surface area contributed by atoms with Crippen LogP contribution < -0.4 is 10.6 Å². The summed E-state index contributed by atoms with van der Waals surface area (Å²) in [5, 5.41) is 9.04. The lowest BCUT2D eigenvalue weighted by molar-refractivity contribution is -0.121. The van der Waals surface area contributed by atoms with Crippen molar-refractivity contribution < 1.29 is 9.59 Å². The van der Waals surface area contributed by atoms with Crippen LogP contribution in [-0.2, 0) is 16.0 Å². The summed E-state index contributed by atoms with van der Waals surface area (Å²) in [6, 6.07) is 7.56. The van der Waals surface area contributed by atoms with Crippen molar-refractivity contribution in [2.45, 2.75) is 19.8 Å². The van der Waals surface area contributed by atoms with Crippen LogP contribution >= 0.6 is 22.9 Å².